The van der Waals surface area contributed by atoms with Crippen molar-refractivity contribution < 1.29 is 14.3 Å². The molecule has 0 aliphatic rings. The van der Waals surface area contributed by atoms with E-state index in [2.05, 4.69) is 5.32 Å². The lowest BCUT2D eigenvalue weighted by molar-refractivity contribution is 0.0802. The summed E-state index contributed by atoms with van der Waals surface area (Å²) in [5.74, 6) is 0.307. The van der Waals surface area contributed by atoms with Crippen LogP contribution in [0.4, 0.5) is 5.69 Å². The van der Waals surface area contributed by atoms with E-state index in [1.54, 1.807) is 60.5 Å². The van der Waals surface area contributed by atoms with Crippen LogP contribution < -0.4 is 15.8 Å². The van der Waals surface area contributed by atoms with E-state index in [1.807, 2.05) is 6.92 Å². The predicted molar refractivity (Wildman–Crippen MR) is 98.0 cm³/mol. The quantitative estimate of drug-likeness (QED) is 0.810. The first kappa shape index (κ1) is 18.5. The Morgan fingerprint density at radius 2 is 1.80 bits per heavy atom. The van der Waals surface area contributed by atoms with Gasteiger partial charge in [0.05, 0.1) is 0 Å². The molecule has 0 saturated heterocycles. The van der Waals surface area contributed by atoms with Gasteiger partial charge in [0.15, 0.2) is 0 Å². The van der Waals surface area contributed by atoms with E-state index in [4.69, 9.17) is 10.5 Å². The minimum atomic E-state index is -0.274. The third-order valence-electron chi connectivity index (χ3n) is 3.69. The molecule has 0 atom stereocenters. The Labute approximate surface area is 147 Å². The van der Waals surface area contributed by atoms with Crippen molar-refractivity contribution in [3.05, 3.63) is 59.7 Å². The number of nitrogens with two attached hydrogens (primary N) is 1. The van der Waals surface area contributed by atoms with E-state index in [0.29, 0.717) is 42.3 Å². The average molecular weight is 341 g/mol. The van der Waals surface area contributed by atoms with Gasteiger partial charge < -0.3 is 20.7 Å². The van der Waals surface area contributed by atoms with E-state index in [9.17, 15) is 9.59 Å². The molecule has 0 aliphatic heterocycles. The normalized spacial score (nSPS) is 10.2. The van der Waals surface area contributed by atoms with Gasteiger partial charge in [-0.3, -0.25) is 9.59 Å². The Hall–Kier alpha value is -2.86. The lowest BCUT2D eigenvalue weighted by atomic mass is 10.1. The zero-order valence-electron chi connectivity index (χ0n) is 14.5. The van der Waals surface area contributed by atoms with Gasteiger partial charge in [0.25, 0.3) is 11.8 Å². The summed E-state index contributed by atoms with van der Waals surface area (Å²) in [4.78, 5) is 26.2. The summed E-state index contributed by atoms with van der Waals surface area (Å²) in [7, 11) is 1.73. The summed E-state index contributed by atoms with van der Waals surface area (Å²) in [6, 6.07) is 13.7. The van der Waals surface area contributed by atoms with Crippen LogP contribution in [0.1, 0.15) is 27.6 Å². The van der Waals surface area contributed by atoms with Gasteiger partial charge in [-0.1, -0.05) is 6.07 Å². The van der Waals surface area contributed by atoms with Crippen molar-refractivity contribution in [3.63, 3.8) is 0 Å². The summed E-state index contributed by atoms with van der Waals surface area (Å²) in [5.41, 5.74) is 6.95. The molecule has 25 heavy (non-hydrogen) atoms. The van der Waals surface area contributed by atoms with E-state index in [1.165, 1.54) is 0 Å². The third-order valence-corrected chi connectivity index (χ3v) is 3.69. The maximum absolute atomic E-state index is 12.4. The van der Waals surface area contributed by atoms with Gasteiger partial charge in [-0.05, 0) is 49.4 Å². The Morgan fingerprint density at radius 3 is 2.44 bits per heavy atom. The molecule has 0 unspecified atom stereocenters. The summed E-state index contributed by atoms with van der Waals surface area (Å²) in [5, 5.41) is 2.81. The molecule has 6 nitrogen and oxygen atoms in total. The molecule has 2 amide bonds. The fourth-order valence-electron chi connectivity index (χ4n) is 2.17. The summed E-state index contributed by atoms with van der Waals surface area (Å²) >= 11 is 0. The number of nitrogens with zero attached hydrogens (tertiary/aromatic N) is 1. The van der Waals surface area contributed by atoms with E-state index in [-0.39, 0.29) is 11.8 Å². The monoisotopic (exact) mass is 341 g/mol. The lowest BCUT2D eigenvalue weighted by Gasteiger charge is -2.15. The van der Waals surface area contributed by atoms with Gasteiger partial charge in [0.2, 0.25) is 0 Å². The topological polar surface area (TPSA) is 84.7 Å². The Morgan fingerprint density at radius 1 is 1.12 bits per heavy atom. The van der Waals surface area contributed by atoms with Crippen molar-refractivity contribution >= 4 is 17.5 Å². The largest absolute Gasteiger partial charge is 0.492 e. The first-order valence-electron chi connectivity index (χ1n) is 8.15. The van der Waals surface area contributed by atoms with Crippen LogP contribution in [0.15, 0.2) is 48.5 Å². The SMILES string of the molecule is CCN(C)C(=O)c1cccc(C(=O)Nc2ccc(OCCN)cc2)c1. The highest BCUT2D eigenvalue weighted by Gasteiger charge is 2.13. The smallest absolute Gasteiger partial charge is 0.255 e. The number of carbonyl (C=O) groups is 2. The molecular formula is C19H23N3O3. The zero-order chi connectivity index (χ0) is 18.2. The van der Waals surface area contributed by atoms with Crippen LogP contribution in [-0.4, -0.2) is 43.5 Å². The first-order valence-corrected chi connectivity index (χ1v) is 8.15. The maximum Gasteiger partial charge on any atom is 0.255 e. The molecule has 2 rings (SSSR count). The highest BCUT2D eigenvalue weighted by atomic mass is 16.5. The van der Waals surface area contributed by atoms with E-state index >= 15 is 0 Å². The second kappa shape index (κ2) is 8.84. The number of nitrogens with one attached hydrogen (secondary N) is 1. The minimum absolute atomic E-state index is 0.112. The third kappa shape index (κ3) is 5.06. The standard InChI is InChI=1S/C19H23N3O3/c1-3-22(2)19(24)15-6-4-5-14(13-15)18(23)21-16-7-9-17(10-8-16)25-12-11-20/h4-10,13H,3,11-12,20H2,1-2H3,(H,21,23). The van der Waals surface area contributed by atoms with Gasteiger partial charge in [-0.25, -0.2) is 0 Å². The predicted octanol–water partition coefficient (Wildman–Crippen LogP) is 2.37. The fourth-order valence-corrected chi connectivity index (χ4v) is 2.17. The Balaban J connectivity index is 2.07. The second-order valence-corrected chi connectivity index (χ2v) is 5.52. The average Bonchev–Trinajstić information content (AvgIpc) is 2.66. The van der Waals surface area contributed by atoms with Crippen LogP contribution in [-0.2, 0) is 0 Å². The van der Waals surface area contributed by atoms with Crippen LogP contribution >= 0.6 is 0 Å². The van der Waals surface area contributed by atoms with Crippen LogP contribution in [0.25, 0.3) is 0 Å². The molecule has 6 heteroatoms. The molecule has 0 saturated carbocycles. The molecule has 0 fully saturated rings. The number of benzene rings is 2. The van der Waals surface area contributed by atoms with Crippen LogP contribution in [0, 0.1) is 0 Å². The van der Waals surface area contributed by atoms with E-state index < -0.39 is 0 Å². The van der Waals surface area contributed by atoms with Crippen molar-refractivity contribution in [2.75, 3.05) is 32.1 Å². The molecule has 2 aromatic rings. The van der Waals surface area contributed by atoms with Gasteiger partial charge in [-0.2, -0.15) is 0 Å². The second-order valence-electron chi connectivity index (χ2n) is 5.52. The number of carbonyl (C=O) groups excluding carboxylic acids is 2. The molecule has 0 heterocycles. The number of anilines is 1. The maximum atomic E-state index is 12.4. The van der Waals surface area contributed by atoms with E-state index in [0.717, 1.165) is 0 Å². The van der Waals surface area contributed by atoms with Gasteiger partial charge >= 0.3 is 0 Å². The van der Waals surface area contributed by atoms with Crippen molar-refractivity contribution in [3.8, 4) is 5.75 Å². The number of hydrogen-bond acceptors (Lipinski definition) is 4. The number of ether oxygens (including phenoxy) is 1. The van der Waals surface area contributed by atoms with Crippen LogP contribution in [0.5, 0.6) is 5.75 Å². The Kier molecular flexibility index (Phi) is 6.54. The number of rotatable bonds is 7. The summed E-state index contributed by atoms with van der Waals surface area (Å²) in [6.07, 6.45) is 0. The van der Waals surface area contributed by atoms with Crippen molar-refractivity contribution in [1.82, 2.24) is 4.90 Å². The molecule has 0 radical (unpaired) electrons. The highest BCUT2D eigenvalue weighted by Crippen LogP contribution is 2.17. The Bertz CT molecular complexity index is 729. The molecule has 0 aliphatic carbocycles. The zero-order valence-corrected chi connectivity index (χ0v) is 14.5. The van der Waals surface area contributed by atoms with Gasteiger partial charge in [-0.15, -0.1) is 0 Å². The van der Waals surface area contributed by atoms with Crippen LogP contribution in [0.3, 0.4) is 0 Å². The molecule has 3 N–H and O–H groups in total. The summed E-state index contributed by atoms with van der Waals surface area (Å²) in [6.45, 7) is 3.39. The first-order chi connectivity index (χ1) is 12.0. The molecule has 0 aromatic heterocycles. The molecule has 0 bridgehead atoms. The van der Waals surface area contributed by atoms with Gasteiger partial charge in [0.1, 0.15) is 12.4 Å². The van der Waals surface area contributed by atoms with Crippen molar-refractivity contribution in [1.29, 1.82) is 0 Å². The molecule has 2 aromatic carbocycles. The van der Waals surface area contributed by atoms with Gasteiger partial charge in [0, 0.05) is 37.0 Å². The van der Waals surface area contributed by atoms with Crippen molar-refractivity contribution in [2.45, 2.75) is 6.92 Å². The molecule has 132 valence electrons. The summed E-state index contributed by atoms with van der Waals surface area (Å²) < 4.78 is 5.40. The van der Waals surface area contributed by atoms with Crippen LogP contribution in [0.2, 0.25) is 0 Å². The van der Waals surface area contributed by atoms with Crippen molar-refractivity contribution in [2.24, 2.45) is 5.73 Å². The fraction of sp³-hybridized carbons (Fsp3) is 0.263. The number of amides is 2. The highest BCUT2D eigenvalue weighted by molar-refractivity contribution is 6.06. The minimum Gasteiger partial charge on any atom is -0.492 e. The number of hydrogen-bond donors (Lipinski definition) is 2. The lowest BCUT2D eigenvalue weighted by Crippen LogP contribution is -2.26. The molecule has 0 spiro atoms. The molecular weight excluding hydrogens is 318 g/mol.